The van der Waals surface area contributed by atoms with Crippen molar-refractivity contribution in [2.45, 2.75) is 6.92 Å². The van der Waals surface area contributed by atoms with E-state index in [0.29, 0.717) is 5.82 Å². The molecule has 0 amide bonds. The van der Waals surface area contributed by atoms with Crippen molar-refractivity contribution in [1.82, 2.24) is 15.0 Å². The molecule has 2 N–H and O–H groups in total. The van der Waals surface area contributed by atoms with Crippen LogP contribution in [0.15, 0.2) is 29.5 Å². The topological polar surface area (TPSA) is 114 Å². The molecule has 18 heavy (non-hydrogen) atoms. The highest BCUT2D eigenvalue weighted by molar-refractivity contribution is 5.62. The van der Waals surface area contributed by atoms with Gasteiger partial charge in [-0.15, -0.1) is 0 Å². The molecule has 8 nitrogen and oxygen atoms in total. The molecule has 2 heterocycles. The van der Waals surface area contributed by atoms with Gasteiger partial charge < -0.3 is 10.3 Å². The van der Waals surface area contributed by atoms with Gasteiger partial charge in [-0.1, -0.05) is 0 Å². The van der Waals surface area contributed by atoms with Crippen LogP contribution in [0.4, 0.5) is 17.3 Å². The van der Waals surface area contributed by atoms with Gasteiger partial charge in [0.25, 0.3) is 0 Å². The van der Waals surface area contributed by atoms with Crippen molar-refractivity contribution >= 4 is 17.3 Å². The van der Waals surface area contributed by atoms with Crippen LogP contribution in [0.3, 0.4) is 0 Å². The van der Waals surface area contributed by atoms with Crippen molar-refractivity contribution in [1.29, 1.82) is 0 Å². The molecule has 0 aromatic carbocycles. The summed E-state index contributed by atoms with van der Waals surface area (Å²) in [5, 5.41) is 13.4. The summed E-state index contributed by atoms with van der Waals surface area (Å²) >= 11 is 0. The molecule has 0 spiro atoms. The molecule has 0 saturated heterocycles. The summed E-state index contributed by atoms with van der Waals surface area (Å²) in [5.74, 6) is 0.248. The Balaban J connectivity index is 2.44. The summed E-state index contributed by atoms with van der Waals surface area (Å²) in [5.41, 5.74) is -0.522. The maximum atomic E-state index is 11.3. The van der Waals surface area contributed by atoms with Crippen molar-refractivity contribution in [2.24, 2.45) is 0 Å². The first-order valence-electron chi connectivity index (χ1n) is 4.99. The van der Waals surface area contributed by atoms with Crippen LogP contribution in [0, 0.1) is 17.0 Å². The fourth-order valence-electron chi connectivity index (χ4n) is 1.38. The van der Waals surface area contributed by atoms with Gasteiger partial charge in [-0.2, -0.15) is 0 Å². The van der Waals surface area contributed by atoms with Crippen LogP contribution in [-0.4, -0.2) is 19.9 Å². The Morgan fingerprint density at radius 3 is 2.89 bits per heavy atom. The minimum Gasteiger partial charge on any atom is -0.319 e. The Morgan fingerprint density at radius 2 is 2.22 bits per heavy atom. The van der Waals surface area contributed by atoms with Crippen LogP contribution < -0.4 is 10.9 Å². The van der Waals surface area contributed by atoms with Gasteiger partial charge in [0.1, 0.15) is 5.82 Å². The molecule has 0 saturated carbocycles. The van der Waals surface area contributed by atoms with Crippen LogP contribution in [0.1, 0.15) is 5.56 Å². The van der Waals surface area contributed by atoms with E-state index in [1.165, 1.54) is 0 Å². The van der Waals surface area contributed by atoms with Crippen LogP contribution >= 0.6 is 0 Å². The molecule has 2 aromatic heterocycles. The second-order valence-corrected chi connectivity index (χ2v) is 3.53. The van der Waals surface area contributed by atoms with E-state index in [0.717, 1.165) is 11.9 Å². The van der Waals surface area contributed by atoms with Gasteiger partial charge in [0.05, 0.1) is 11.3 Å². The van der Waals surface area contributed by atoms with Gasteiger partial charge >= 0.3 is 11.2 Å². The predicted molar refractivity (Wildman–Crippen MR) is 63.8 cm³/mol. The summed E-state index contributed by atoms with van der Waals surface area (Å²) in [7, 11) is 0. The zero-order valence-corrected chi connectivity index (χ0v) is 9.38. The Bertz CT molecular complexity index is 652. The van der Waals surface area contributed by atoms with E-state index in [1.54, 1.807) is 18.3 Å². The number of aryl methyl sites for hydroxylation is 1. The molecule has 0 aliphatic rings. The molecule has 0 bridgehead atoms. The van der Waals surface area contributed by atoms with E-state index in [9.17, 15) is 14.9 Å². The predicted octanol–water partition coefficient (Wildman–Crippen LogP) is 1.13. The van der Waals surface area contributed by atoms with E-state index >= 15 is 0 Å². The van der Waals surface area contributed by atoms with E-state index in [4.69, 9.17) is 0 Å². The van der Waals surface area contributed by atoms with Gasteiger partial charge in [-0.3, -0.25) is 14.9 Å². The van der Waals surface area contributed by atoms with Crippen LogP contribution in [0.25, 0.3) is 0 Å². The number of nitro groups is 1. The molecule has 8 heteroatoms. The number of hydrogen-bond acceptors (Lipinski definition) is 6. The largest absolute Gasteiger partial charge is 0.376 e. The Kier molecular flexibility index (Phi) is 3.00. The number of aromatic amines is 1. The standard InChI is InChI=1S/C10H9N5O3/c1-6-2-3-11-7(4-6)14-9-8(15(17)18)10(16)13-5-12-9/h2-5H,1H3,(H2,11,12,13,14,16). The molecular formula is C10H9N5O3. The molecule has 2 rings (SSSR count). The second kappa shape index (κ2) is 4.62. The third-order valence-corrected chi connectivity index (χ3v) is 2.17. The van der Waals surface area contributed by atoms with E-state index < -0.39 is 16.2 Å². The zero-order chi connectivity index (χ0) is 13.1. The molecular weight excluding hydrogens is 238 g/mol. The van der Waals surface area contributed by atoms with Gasteiger partial charge in [0.15, 0.2) is 0 Å². The number of anilines is 2. The highest BCUT2D eigenvalue weighted by Crippen LogP contribution is 2.19. The Labute approximate surface area is 101 Å². The second-order valence-electron chi connectivity index (χ2n) is 3.53. The Hall–Kier alpha value is -2.77. The molecule has 0 atom stereocenters. The third-order valence-electron chi connectivity index (χ3n) is 2.17. The monoisotopic (exact) mass is 247 g/mol. The minimum absolute atomic E-state index is 0.137. The first-order valence-corrected chi connectivity index (χ1v) is 4.99. The molecule has 0 aliphatic heterocycles. The van der Waals surface area contributed by atoms with Crippen LogP contribution in [0.2, 0.25) is 0 Å². The number of aromatic nitrogens is 3. The Morgan fingerprint density at radius 1 is 1.44 bits per heavy atom. The maximum Gasteiger partial charge on any atom is 0.376 e. The first-order chi connectivity index (χ1) is 8.58. The summed E-state index contributed by atoms with van der Waals surface area (Å²) in [6.07, 6.45) is 2.64. The lowest BCUT2D eigenvalue weighted by atomic mass is 10.3. The SMILES string of the molecule is Cc1ccnc(Nc2nc[nH]c(=O)c2[N+](=O)[O-])c1. The molecule has 0 fully saturated rings. The van der Waals surface area contributed by atoms with Crippen LogP contribution in [-0.2, 0) is 0 Å². The molecule has 0 aliphatic carbocycles. The van der Waals surface area contributed by atoms with Gasteiger partial charge in [0.2, 0.25) is 5.82 Å². The summed E-state index contributed by atoms with van der Waals surface area (Å²) in [6, 6.07) is 3.47. The lowest BCUT2D eigenvalue weighted by Crippen LogP contribution is -2.14. The number of rotatable bonds is 3. The number of H-pyrrole nitrogens is 1. The summed E-state index contributed by atoms with van der Waals surface area (Å²) < 4.78 is 0. The van der Waals surface area contributed by atoms with Gasteiger partial charge in [-0.05, 0) is 24.6 Å². The van der Waals surface area contributed by atoms with E-state index in [-0.39, 0.29) is 5.82 Å². The maximum absolute atomic E-state index is 11.3. The highest BCUT2D eigenvalue weighted by atomic mass is 16.6. The van der Waals surface area contributed by atoms with Crippen molar-refractivity contribution in [3.63, 3.8) is 0 Å². The molecule has 0 radical (unpaired) electrons. The average Bonchev–Trinajstić information content (AvgIpc) is 2.28. The van der Waals surface area contributed by atoms with Crippen molar-refractivity contribution in [2.75, 3.05) is 5.32 Å². The first kappa shape index (κ1) is 11.7. The van der Waals surface area contributed by atoms with Gasteiger partial charge in [-0.25, -0.2) is 9.97 Å². The smallest absolute Gasteiger partial charge is 0.319 e. The van der Waals surface area contributed by atoms with Crippen molar-refractivity contribution in [3.05, 3.63) is 50.7 Å². The molecule has 92 valence electrons. The van der Waals surface area contributed by atoms with E-state index in [1.807, 2.05) is 6.92 Å². The molecule has 0 unspecified atom stereocenters. The summed E-state index contributed by atoms with van der Waals surface area (Å²) in [4.78, 5) is 31.2. The highest BCUT2D eigenvalue weighted by Gasteiger charge is 2.20. The number of pyridine rings is 1. The number of hydrogen-bond donors (Lipinski definition) is 2. The molecule has 2 aromatic rings. The normalized spacial score (nSPS) is 10.1. The number of nitrogens with zero attached hydrogens (tertiary/aromatic N) is 3. The third kappa shape index (κ3) is 2.32. The number of nitrogens with one attached hydrogen (secondary N) is 2. The average molecular weight is 247 g/mol. The summed E-state index contributed by atoms with van der Waals surface area (Å²) in [6.45, 7) is 1.85. The zero-order valence-electron chi connectivity index (χ0n) is 9.38. The lowest BCUT2D eigenvalue weighted by Gasteiger charge is -2.04. The van der Waals surface area contributed by atoms with Crippen LogP contribution in [0.5, 0.6) is 0 Å². The fourth-order valence-corrected chi connectivity index (χ4v) is 1.38. The van der Waals surface area contributed by atoms with Gasteiger partial charge in [0, 0.05) is 6.20 Å². The van der Waals surface area contributed by atoms with Crippen molar-refractivity contribution in [3.8, 4) is 0 Å². The fraction of sp³-hybridized carbons (Fsp3) is 0.100. The minimum atomic E-state index is -0.815. The van der Waals surface area contributed by atoms with E-state index in [2.05, 4.69) is 20.3 Å². The quantitative estimate of drug-likeness (QED) is 0.620. The van der Waals surface area contributed by atoms with Crippen molar-refractivity contribution < 1.29 is 4.92 Å². The lowest BCUT2D eigenvalue weighted by molar-refractivity contribution is -0.385.